The molecular weight excluding hydrogens is 416 g/mol. The van der Waals surface area contributed by atoms with Crippen LogP contribution in [0.3, 0.4) is 0 Å². The van der Waals surface area contributed by atoms with E-state index in [-0.39, 0.29) is 23.7 Å². The van der Waals surface area contributed by atoms with Crippen LogP contribution < -0.4 is 21.1 Å². The van der Waals surface area contributed by atoms with Crippen molar-refractivity contribution in [2.45, 2.75) is 13.5 Å². The number of hydrogen-bond acceptors (Lipinski definition) is 8. The van der Waals surface area contributed by atoms with Crippen molar-refractivity contribution in [3.8, 4) is 5.75 Å². The molecule has 1 aromatic heterocycles. The van der Waals surface area contributed by atoms with E-state index in [9.17, 15) is 4.79 Å². The number of likely N-dealkylation sites (N-methyl/N-ethyl adjacent to an activating group) is 1. The summed E-state index contributed by atoms with van der Waals surface area (Å²) in [5, 5.41) is 0. The molecule has 8 heteroatoms. The number of rotatable bonds is 5. The monoisotopic (exact) mass is 448 g/mol. The SMILES string of the molecule is COc1ccccc1C(=O)c1cnc(CN)nc1N.Cc1ccc(N2CCN(C)CC2)cc1. The third kappa shape index (κ3) is 6.27. The van der Waals surface area contributed by atoms with Crippen LogP contribution in [0, 0.1) is 6.92 Å². The Bertz CT molecular complexity index is 1060. The number of piperazine rings is 1. The van der Waals surface area contributed by atoms with Gasteiger partial charge in [0, 0.05) is 38.1 Å². The summed E-state index contributed by atoms with van der Waals surface area (Å²) in [7, 11) is 3.69. The lowest BCUT2D eigenvalue weighted by atomic mass is 10.0. The van der Waals surface area contributed by atoms with Gasteiger partial charge in [0.1, 0.15) is 17.4 Å². The first-order chi connectivity index (χ1) is 15.9. The highest BCUT2D eigenvalue weighted by Crippen LogP contribution is 2.22. The van der Waals surface area contributed by atoms with Gasteiger partial charge in [-0.2, -0.15) is 0 Å². The number of ketones is 1. The Morgan fingerprint density at radius 2 is 1.70 bits per heavy atom. The van der Waals surface area contributed by atoms with Gasteiger partial charge in [0.15, 0.2) is 0 Å². The molecule has 1 aliphatic rings. The van der Waals surface area contributed by atoms with Crippen LogP contribution in [0.1, 0.15) is 27.3 Å². The molecule has 0 unspecified atom stereocenters. The molecule has 2 heterocycles. The van der Waals surface area contributed by atoms with Crippen molar-refractivity contribution in [2.24, 2.45) is 5.73 Å². The molecule has 0 atom stereocenters. The standard InChI is InChI=1S/C13H14N4O2.C12H18N2/c1-19-10-5-3-2-4-8(10)12(18)9-7-16-11(6-14)17-13(9)15;1-11-3-5-12(6-4-11)14-9-7-13(2)8-10-14/h2-5,7H,6,14H2,1H3,(H2,15,16,17);3-6H,7-10H2,1-2H3. The van der Waals surface area contributed by atoms with Crippen LogP contribution in [-0.4, -0.2) is 61.0 Å². The Labute approximate surface area is 195 Å². The van der Waals surface area contributed by atoms with E-state index < -0.39 is 0 Å². The smallest absolute Gasteiger partial charge is 0.202 e. The zero-order valence-electron chi connectivity index (χ0n) is 19.5. The van der Waals surface area contributed by atoms with Crippen LogP contribution in [0.5, 0.6) is 5.75 Å². The van der Waals surface area contributed by atoms with E-state index in [2.05, 4.69) is 58.0 Å². The maximum atomic E-state index is 12.4. The van der Waals surface area contributed by atoms with Crippen molar-refractivity contribution in [1.82, 2.24) is 14.9 Å². The second kappa shape index (κ2) is 11.4. The van der Waals surface area contributed by atoms with Crippen molar-refractivity contribution in [3.63, 3.8) is 0 Å². The quantitative estimate of drug-likeness (QED) is 0.573. The zero-order valence-corrected chi connectivity index (χ0v) is 19.5. The van der Waals surface area contributed by atoms with Gasteiger partial charge >= 0.3 is 0 Å². The third-order valence-corrected chi connectivity index (χ3v) is 5.55. The number of carbonyl (C=O) groups excluding carboxylic acids is 1. The largest absolute Gasteiger partial charge is 0.496 e. The third-order valence-electron chi connectivity index (χ3n) is 5.55. The molecular formula is C25H32N6O2. The van der Waals surface area contributed by atoms with Crippen LogP contribution in [0.4, 0.5) is 11.5 Å². The summed E-state index contributed by atoms with van der Waals surface area (Å²) in [5.41, 5.74) is 14.5. The highest BCUT2D eigenvalue weighted by molar-refractivity contribution is 6.12. The Morgan fingerprint density at radius 1 is 1.03 bits per heavy atom. The van der Waals surface area contributed by atoms with E-state index >= 15 is 0 Å². The van der Waals surface area contributed by atoms with E-state index in [0.29, 0.717) is 17.1 Å². The van der Waals surface area contributed by atoms with Gasteiger partial charge in [0.2, 0.25) is 5.78 Å². The van der Waals surface area contributed by atoms with Gasteiger partial charge < -0.3 is 26.0 Å². The van der Waals surface area contributed by atoms with Gasteiger partial charge in [-0.05, 0) is 38.2 Å². The molecule has 174 valence electrons. The van der Waals surface area contributed by atoms with Crippen LogP contribution in [0.15, 0.2) is 54.7 Å². The van der Waals surface area contributed by atoms with Crippen LogP contribution in [0.25, 0.3) is 0 Å². The fraction of sp³-hybridized carbons (Fsp3) is 0.320. The topological polar surface area (TPSA) is 111 Å². The van der Waals surface area contributed by atoms with E-state index in [1.54, 1.807) is 24.3 Å². The number of nitrogens with zero attached hydrogens (tertiary/aromatic N) is 4. The van der Waals surface area contributed by atoms with Crippen LogP contribution >= 0.6 is 0 Å². The lowest BCUT2D eigenvalue weighted by Crippen LogP contribution is -2.44. The molecule has 4 rings (SSSR count). The van der Waals surface area contributed by atoms with E-state index in [1.807, 2.05) is 0 Å². The molecule has 0 spiro atoms. The van der Waals surface area contributed by atoms with E-state index in [4.69, 9.17) is 16.2 Å². The molecule has 8 nitrogen and oxygen atoms in total. The van der Waals surface area contributed by atoms with Gasteiger partial charge in [-0.3, -0.25) is 4.79 Å². The first-order valence-corrected chi connectivity index (χ1v) is 10.9. The fourth-order valence-electron chi connectivity index (χ4n) is 3.50. The summed E-state index contributed by atoms with van der Waals surface area (Å²) in [6, 6.07) is 15.7. The van der Waals surface area contributed by atoms with E-state index in [0.717, 1.165) is 13.1 Å². The zero-order chi connectivity index (χ0) is 23.8. The predicted molar refractivity (Wildman–Crippen MR) is 132 cm³/mol. The molecule has 0 aliphatic carbocycles. The van der Waals surface area contributed by atoms with E-state index in [1.165, 1.54) is 37.6 Å². The second-order valence-electron chi connectivity index (χ2n) is 7.94. The maximum absolute atomic E-state index is 12.4. The minimum absolute atomic E-state index is 0.117. The Balaban J connectivity index is 0.000000194. The van der Waals surface area contributed by atoms with Gasteiger partial charge in [-0.1, -0.05) is 29.8 Å². The normalized spacial score (nSPS) is 13.8. The number of anilines is 2. The summed E-state index contributed by atoms with van der Waals surface area (Å²) in [6.07, 6.45) is 1.39. The number of para-hydroxylation sites is 1. The summed E-state index contributed by atoms with van der Waals surface area (Å²) in [4.78, 5) is 25.2. The number of carbonyl (C=O) groups is 1. The first-order valence-electron chi connectivity index (χ1n) is 10.9. The number of benzene rings is 2. The molecule has 1 aliphatic heterocycles. The number of aryl methyl sites for hydroxylation is 1. The molecule has 4 N–H and O–H groups in total. The van der Waals surface area contributed by atoms with Crippen molar-refractivity contribution in [2.75, 3.05) is 51.0 Å². The number of nitrogen functional groups attached to an aromatic ring is 1. The summed E-state index contributed by atoms with van der Waals surface area (Å²) in [5.74, 6) is 0.716. The molecule has 0 bridgehead atoms. The lowest BCUT2D eigenvalue weighted by molar-refractivity contribution is 0.103. The Kier molecular flexibility index (Phi) is 8.34. The van der Waals surface area contributed by atoms with Crippen molar-refractivity contribution in [3.05, 3.63) is 77.2 Å². The highest BCUT2D eigenvalue weighted by Gasteiger charge is 2.18. The number of methoxy groups -OCH3 is 1. The average molecular weight is 449 g/mol. The minimum Gasteiger partial charge on any atom is -0.496 e. The number of nitrogens with two attached hydrogens (primary N) is 2. The molecule has 33 heavy (non-hydrogen) atoms. The maximum Gasteiger partial charge on any atom is 0.202 e. The molecule has 0 radical (unpaired) electrons. The predicted octanol–water partition coefficient (Wildman–Crippen LogP) is 2.50. The van der Waals surface area contributed by atoms with Crippen LogP contribution in [0.2, 0.25) is 0 Å². The Morgan fingerprint density at radius 3 is 2.30 bits per heavy atom. The van der Waals surface area contributed by atoms with Crippen LogP contribution in [-0.2, 0) is 6.54 Å². The van der Waals surface area contributed by atoms with Crippen molar-refractivity contribution in [1.29, 1.82) is 0 Å². The van der Waals surface area contributed by atoms with Crippen molar-refractivity contribution >= 4 is 17.3 Å². The van der Waals surface area contributed by atoms with Gasteiger partial charge in [-0.15, -0.1) is 0 Å². The van der Waals surface area contributed by atoms with Gasteiger partial charge in [0.25, 0.3) is 0 Å². The molecule has 2 aromatic carbocycles. The first kappa shape index (κ1) is 24.2. The fourth-order valence-corrected chi connectivity index (χ4v) is 3.50. The number of hydrogen-bond donors (Lipinski definition) is 2. The highest BCUT2D eigenvalue weighted by atomic mass is 16.5. The summed E-state index contributed by atoms with van der Waals surface area (Å²) in [6.45, 7) is 6.96. The summed E-state index contributed by atoms with van der Waals surface area (Å²) >= 11 is 0. The Hall–Kier alpha value is -3.49. The molecule has 1 fully saturated rings. The van der Waals surface area contributed by atoms with Gasteiger partial charge in [-0.25, -0.2) is 9.97 Å². The molecule has 0 saturated carbocycles. The minimum atomic E-state index is -0.279. The number of ether oxygens (including phenoxy) is 1. The second-order valence-corrected chi connectivity index (χ2v) is 7.94. The number of aromatic nitrogens is 2. The molecule has 1 saturated heterocycles. The van der Waals surface area contributed by atoms with Gasteiger partial charge in [0.05, 0.1) is 24.8 Å². The lowest BCUT2D eigenvalue weighted by Gasteiger charge is -2.34. The summed E-state index contributed by atoms with van der Waals surface area (Å²) < 4.78 is 5.15. The average Bonchev–Trinajstić information content (AvgIpc) is 2.85. The van der Waals surface area contributed by atoms with Crippen molar-refractivity contribution < 1.29 is 9.53 Å². The molecule has 3 aromatic rings. The molecule has 0 amide bonds.